The van der Waals surface area contributed by atoms with Crippen molar-refractivity contribution < 1.29 is 14.8 Å². The van der Waals surface area contributed by atoms with Crippen molar-refractivity contribution in [2.24, 2.45) is 0 Å². The Morgan fingerprint density at radius 1 is 1.47 bits per heavy atom. The van der Waals surface area contributed by atoms with Crippen molar-refractivity contribution in [2.45, 2.75) is 26.4 Å². The summed E-state index contributed by atoms with van der Waals surface area (Å²) in [6, 6.07) is 4.70. The first-order valence-electron chi connectivity index (χ1n) is 6.08. The molecule has 0 amide bonds. The molecule has 0 bridgehead atoms. The second-order valence-corrected chi connectivity index (χ2v) is 4.94. The highest BCUT2D eigenvalue weighted by molar-refractivity contribution is 5.59. The summed E-state index contributed by atoms with van der Waals surface area (Å²) >= 11 is 0. The highest BCUT2D eigenvalue weighted by atomic mass is 16.6. The Balaban J connectivity index is 3.09. The number of nitro benzene ring substituents is 1. The molecule has 19 heavy (non-hydrogen) atoms. The average Bonchev–Trinajstić information content (AvgIpc) is 2.33. The molecule has 0 aliphatic rings. The molecule has 0 atom stereocenters. The van der Waals surface area contributed by atoms with Crippen LogP contribution in [0.3, 0.4) is 0 Å². The molecule has 0 radical (unpaired) electrons. The fourth-order valence-electron chi connectivity index (χ4n) is 1.87. The molecule has 0 fully saturated rings. The van der Waals surface area contributed by atoms with E-state index in [0.29, 0.717) is 13.1 Å². The monoisotopic (exact) mass is 268 g/mol. The summed E-state index contributed by atoms with van der Waals surface area (Å²) in [5.41, 5.74) is -0.122. The maximum atomic E-state index is 10.8. The maximum Gasteiger partial charge on any atom is 0.311 e. The van der Waals surface area contributed by atoms with E-state index in [2.05, 4.69) is 0 Å². The zero-order chi connectivity index (χ0) is 14.6. The lowest BCUT2D eigenvalue weighted by molar-refractivity contribution is -0.385. The van der Waals surface area contributed by atoms with E-state index in [1.807, 2.05) is 11.8 Å². The van der Waals surface area contributed by atoms with Gasteiger partial charge in [-0.05, 0) is 26.8 Å². The standard InChI is InChI=1S/C13H20N2O4/c1-5-14(9-13(2,3)16)10-6-7-11(15(17)18)12(8-10)19-4/h6-8,16H,5,9H2,1-4H3. The minimum atomic E-state index is -0.842. The Kier molecular flexibility index (Phi) is 4.72. The smallest absolute Gasteiger partial charge is 0.311 e. The Morgan fingerprint density at radius 2 is 2.11 bits per heavy atom. The first-order valence-corrected chi connectivity index (χ1v) is 6.08. The van der Waals surface area contributed by atoms with Crippen LogP contribution in [0.25, 0.3) is 0 Å². The van der Waals surface area contributed by atoms with Crippen molar-refractivity contribution in [3.8, 4) is 5.75 Å². The largest absolute Gasteiger partial charge is 0.490 e. The van der Waals surface area contributed by atoms with Crippen LogP contribution in [0.1, 0.15) is 20.8 Å². The van der Waals surface area contributed by atoms with Gasteiger partial charge in [-0.1, -0.05) is 0 Å². The van der Waals surface area contributed by atoms with E-state index in [-0.39, 0.29) is 11.4 Å². The number of nitro groups is 1. The average molecular weight is 268 g/mol. The van der Waals surface area contributed by atoms with Gasteiger partial charge in [0.05, 0.1) is 17.6 Å². The molecule has 6 nitrogen and oxygen atoms in total. The van der Waals surface area contributed by atoms with Crippen LogP contribution in [0.2, 0.25) is 0 Å². The predicted molar refractivity (Wildman–Crippen MR) is 73.8 cm³/mol. The summed E-state index contributed by atoms with van der Waals surface area (Å²) in [6.45, 7) is 6.52. The molecule has 106 valence electrons. The number of rotatable bonds is 6. The summed E-state index contributed by atoms with van der Waals surface area (Å²) in [5, 5.41) is 20.7. The molecule has 0 saturated carbocycles. The molecule has 6 heteroatoms. The lowest BCUT2D eigenvalue weighted by Gasteiger charge is -2.30. The quantitative estimate of drug-likeness (QED) is 0.632. The van der Waals surface area contributed by atoms with Crippen LogP contribution in [0.4, 0.5) is 11.4 Å². The summed E-state index contributed by atoms with van der Waals surface area (Å²) < 4.78 is 5.04. The third kappa shape index (κ3) is 4.10. The first-order chi connectivity index (χ1) is 8.78. The van der Waals surface area contributed by atoms with Gasteiger partial charge in [-0.15, -0.1) is 0 Å². The fourth-order valence-corrected chi connectivity index (χ4v) is 1.87. The van der Waals surface area contributed by atoms with Crippen LogP contribution in [0, 0.1) is 10.1 Å². The van der Waals surface area contributed by atoms with Crippen molar-refractivity contribution in [1.82, 2.24) is 0 Å². The van der Waals surface area contributed by atoms with Gasteiger partial charge in [-0.2, -0.15) is 0 Å². The number of hydrogen-bond acceptors (Lipinski definition) is 5. The number of ether oxygens (including phenoxy) is 1. The van der Waals surface area contributed by atoms with Crippen molar-refractivity contribution >= 4 is 11.4 Å². The summed E-state index contributed by atoms with van der Waals surface area (Å²) in [6.07, 6.45) is 0. The zero-order valence-electron chi connectivity index (χ0n) is 11.7. The van der Waals surface area contributed by atoms with Gasteiger partial charge >= 0.3 is 5.69 Å². The molecule has 1 aromatic carbocycles. The topological polar surface area (TPSA) is 75.8 Å². The van der Waals surface area contributed by atoms with Gasteiger partial charge in [0.15, 0.2) is 5.75 Å². The lowest BCUT2D eigenvalue weighted by Crippen LogP contribution is -2.38. The van der Waals surface area contributed by atoms with Gasteiger partial charge in [-0.25, -0.2) is 0 Å². The Bertz CT molecular complexity index is 454. The van der Waals surface area contributed by atoms with Gasteiger partial charge in [0.1, 0.15) is 0 Å². The van der Waals surface area contributed by atoms with Crippen molar-refractivity contribution in [2.75, 3.05) is 25.1 Å². The molecule has 1 rings (SSSR count). The molecule has 0 aromatic heterocycles. The van der Waals surface area contributed by atoms with Gasteiger partial charge in [0.25, 0.3) is 0 Å². The predicted octanol–water partition coefficient (Wildman–Crippen LogP) is 2.20. The number of anilines is 1. The number of likely N-dealkylation sites (N-methyl/N-ethyl adjacent to an activating group) is 1. The minimum absolute atomic E-state index is 0.0643. The third-order valence-corrected chi connectivity index (χ3v) is 2.68. The van der Waals surface area contributed by atoms with E-state index < -0.39 is 10.5 Å². The molecule has 1 N–H and O–H groups in total. The van der Waals surface area contributed by atoms with Crippen molar-refractivity contribution in [3.63, 3.8) is 0 Å². The molecule has 1 aromatic rings. The molecular weight excluding hydrogens is 248 g/mol. The molecule has 0 aliphatic heterocycles. The van der Waals surface area contributed by atoms with Gasteiger partial charge in [0, 0.05) is 30.9 Å². The maximum absolute atomic E-state index is 10.8. The second-order valence-electron chi connectivity index (χ2n) is 4.94. The minimum Gasteiger partial charge on any atom is -0.490 e. The molecular formula is C13H20N2O4. The number of methoxy groups -OCH3 is 1. The van der Waals surface area contributed by atoms with Gasteiger partial charge < -0.3 is 14.7 Å². The molecule has 0 spiro atoms. The summed E-state index contributed by atoms with van der Waals surface area (Å²) in [5.74, 6) is 0.219. The normalized spacial score (nSPS) is 11.2. The summed E-state index contributed by atoms with van der Waals surface area (Å²) in [4.78, 5) is 12.3. The van der Waals surface area contributed by atoms with Crippen LogP contribution in [-0.2, 0) is 0 Å². The molecule has 0 heterocycles. The Morgan fingerprint density at radius 3 is 2.53 bits per heavy atom. The zero-order valence-corrected chi connectivity index (χ0v) is 11.7. The molecule has 0 aliphatic carbocycles. The van der Waals surface area contributed by atoms with E-state index in [1.165, 1.54) is 13.2 Å². The van der Waals surface area contributed by atoms with E-state index in [4.69, 9.17) is 4.74 Å². The highest BCUT2D eigenvalue weighted by Gasteiger charge is 2.20. The van der Waals surface area contributed by atoms with Crippen molar-refractivity contribution in [3.05, 3.63) is 28.3 Å². The first kappa shape index (κ1) is 15.2. The van der Waals surface area contributed by atoms with E-state index >= 15 is 0 Å². The second kappa shape index (κ2) is 5.88. The van der Waals surface area contributed by atoms with Crippen molar-refractivity contribution in [1.29, 1.82) is 0 Å². The van der Waals surface area contributed by atoms with E-state index in [0.717, 1.165) is 5.69 Å². The van der Waals surface area contributed by atoms with Crippen LogP contribution in [0.15, 0.2) is 18.2 Å². The Labute approximate surface area is 112 Å². The number of benzene rings is 1. The number of hydrogen-bond donors (Lipinski definition) is 1. The van der Waals surface area contributed by atoms with Gasteiger partial charge in [0.2, 0.25) is 0 Å². The van der Waals surface area contributed by atoms with Crippen LogP contribution in [0.5, 0.6) is 5.75 Å². The lowest BCUT2D eigenvalue weighted by atomic mass is 10.1. The van der Waals surface area contributed by atoms with E-state index in [1.54, 1.807) is 26.0 Å². The van der Waals surface area contributed by atoms with Crippen LogP contribution < -0.4 is 9.64 Å². The number of nitrogens with zero attached hydrogens (tertiary/aromatic N) is 2. The Hall–Kier alpha value is -1.82. The summed E-state index contributed by atoms with van der Waals surface area (Å²) in [7, 11) is 1.40. The van der Waals surface area contributed by atoms with E-state index in [9.17, 15) is 15.2 Å². The van der Waals surface area contributed by atoms with Crippen LogP contribution in [-0.4, -0.2) is 35.8 Å². The third-order valence-electron chi connectivity index (χ3n) is 2.68. The highest BCUT2D eigenvalue weighted by Crippen LogP contribution is 2.31. The molecule has 0 saturated heterocycles. The number of aliphatic hydroxyl groups is 1. The van der Waals surface area contributed by atoms with Crippen LogP contribution >= 0.6 is 0 Å². The fraction of sp³-hybridized carbons (Fsp3) is 0.538. The van der Waals surface area contributed by atoms with Gasteiger partial charge in [-0.3, -0.25) is 10.1 Å². The SMILES string of the molecule is CCN(CC(C)(C)O)c1ccc([N+](=O)[O-])c(OC)c1. The molecule has 0 unspecified atom stereocenters.